The molecule has 1 aliphatic rings. The average Bonchev–Trinajstić information content (AvgIpc) is 3.03. The van der Waals surface area contributed by atoms with Crippen molar-refractivity contribution in [2.75, 3.05) is 4.90 Å². The van der Waals surface area contributed by atoms with E-state index in [1.165, 1.54) is 0 Å². The molecule has 0 saturated heterocycles. The molecule has 0 fully saturated rings. The lowest BCUT2D eigenvalue weighted by atomic mass is 9.97. The van der Waals surface area contributed by atoms with Crippen molar-refractivity contribution in [2.45, 2.75) is 19.9 Å². The first-order chi connectivity index (χ1) is 11.2. The van der Waals surface area contributed by atoms with Crippen molar-refractivity contribution >= 4 is 11.6 Å². The number of carbonyl (C=O) groups excluding carboxylic acids is 1. The lowest BCUT2D eigenvalue weighted by Gasteiger charge is -2.38. The van der Waals surface area contributed by atoms with Crippen LogP contribution in [0.3, 0.4) is 0 Å². The number of rotatable bonds is 1. The predicted octanol–water partition coefficient (Wildman–Crippen LogP) is 4.24. The van der Waals surface area contributed by atoms with Crippen molar-refractivity contribution in [3.05, 3.63) is 83.7 Å². The molecule has 0 radical (unpaired) electrons. The maximum Gasteiger partial charge on any atom is 0.224 e. The predicted molar refractivity (Wildman–Crippen MR) is 92.0 cm³/mol. The number of hydrogen-bond donors (Lipinski definition) is 0. The average molecular weight is 302 g/mol. The number of carbonyl (C=O) groups is 1. The van der Waals surface area contributed by atoms with Gasteiger partial charge in [0.25, 0.3) is 0 Å². The number of aryl methyl sites for hydroxylation is 1. The first kappa shape index (κ1) is 13.8. The number of aromatic nitrogens is 1. The van der Waals surface area contributed by atoms with Crippen LogP contribution in [0, 0.1) is 6.92 Å². The summed E-state index contributed by atoms with van der Waals surface area (Å²) in [5.74, 6) is 0.0538. The fourth-order valence-corrected chi connectivity index (χ4v) is 3.44. The van der Waals surface area contributed by atoms with Crippen molar-refractivity contribution in [3.8, 4) is 5.69 Å². The van der Waals surface area contributed by atoms with E-state index < -0.39 is 0 Å². The van der Waals surface area contributed by atoms with Gasteiger partial charge in [0.1, 0.15) is 6.04 Å². The minimum atomic E-state index is -0.0991. The second-order valence-electron chi connectivity index (χ2n) is 6.00. The number of anilines is 1. The zero-order chi connectivity index (χ0) is 16.0. The molecular formula is C20H18N2O. The van der Waals surface area contributed by atoms with Crippen LogP contribution in [0.1, 0.15) is 29.8 Å². The van der Waals surface area contributed by atoms with Crippen molar-refractivity contribution in [1.29, 1.82) is 0 Å². The van der Waals surface area contributed by atoms with Gasteiger partial charge in [-0.05, 0) is 42.3 Å². The fourth-order valence-electron chi connectivity index (χ4n) is 3.44. The minimum Gasteiger partial charge on any atom is -0.316 e. The molecule has 0 spiro atoms. The molecule has 2 heterocycles. The first-order valence-electron chi connectivity index (χ1n) is 7.80. The van der Waals surface area contributed by atoms with E-state index in [1.54, 1.807) is 6.92 Å². The zero-order valence-corrected chi connectivity index (χ0v) is 13.2. The molecule has 3 heteroatoms. The Kier molecular flexibility index (Phi) is 3.08. The van der Waals surface area contributed by atoms with Crippen LogP contribution >= 0.6 is 0 Å². The molecule has 0 bridgehead atoms. The molecule has 1 atom stereocenters. The quantitative estimate of drug-likeness (QED) is 0.660. The van der Waals surface area contributed by atoms with Gasteiger partial charge in [-0.1, -0.05) is 36.4 Å². The smallest absolute Gasteiger partial charge is 0.224 e. The van der Waals surface area contributed by atoms with Gasteiger partial charge >= 0.3 is 0 Å². The highest BCUT2D eigenvalue weighted by molar-refractivity contribution is 5.96. The zero-order valence-electron chi connectivity index (χ0n) is 13.2. The summed E-state index contributed by atoms with van der Waals surface area (Å²) in [7, 11) is 0. The maximum absolute atomic E-state index is 12.5. The molecule has 3 aromatic rings. The topological polar surface area (TPSA) is 25.2 Å². The van der Waals surface area contributed by atoms with E-state index in [9.17, 15) is 4.79 Å². The molecule has 23 heavy (non-hydrogen) atoms. The lowest BCUT2D eigenvalue weighted by molar-refractivity contribution is -0.117. The number of nitrogens with zero attached hydrogens (tertiary/aromatic N) is 2. The second-order valence-corrected chi connectivity index (χ2v) is 6.00. The summed E-state index contributed by atoms with van der Waals surface area (Å²) >= 11 is 0. The van der Waals surface area contributed by atoms with Crippen LogP contribution in [0.5, 0.6) is 0 Å². The summed E-state index contributed by atoms with van der Waals surface area (Å²) < 4.78 is 2.19. The van der Waals surface area contributed by atoms with Crippen molar-refractivity contribution in [2.24, 2.45) is 0 Å². The van der Waals surface area contributed by atoms with Crippen LogP contribution in [-0.2, 0) is 4.79 Å². The monoisotopic (exact) mass is 302 g/mol. The Morgan fingerprint density at radius 1 is 0.957 bits per heavy atom. The molecule has 114 valence electrons. The maximum atomic E-state index is 12.5. The van der Waals surface area contributed by atoms with E-state index in [0.717, 1.165) is 28.2 Å². The van der Waals surface area contributed by atoms with Gasteiger partial charge in [-0.25, -0.2) is 0 Å². The van der Waals surface area contributed by atoms with E-state index in [0.29, 0.717) is 0 Å². The molecule has 1 aliphatic heterocycles. The number of benzene rings is 2. The Morgan fingerprint density at radius 2 is 1.74 bits per heavy atom. The summed E-state index contributed by atoms with van der Waals surface area (Å²) in [6.07, 6.45) is 2.07. The third kappa shape index (κ3) is 2.08. The first-order valence-corrected chi connectivity index (χ1v) is 7.80. The molecular weight excluding hydrogens is 284 g/mol. The van der Waals surface area contributed by atoms with E-state index in [1.807, 2.05) is 29.2 Å². The van der Waals surface area contributed by atoms with Crippen LogP contribution in [0.2, 0.25) is 0 Å². The van der Waals surface area contributed by atoms with Crippen LogP contribution in [0.25, 0.3) is 5.69 Å². The van der Waals surface area contributed by atoms with Gasteiger partial charge in [-0.3, -0.25) is 9.69 Å². The summed E-state index contributed by atoms with van der Waals surface area (Å²) in [6, 6.07) is 20.5. The fraction of sp³-hybridized carbons (Fsp3) is 0.150. The van der Waals surface area contributed by atoms with E-state index in [4.69, 9.17) is 0 Å². The lowest BCUT2D eigenvalue weighted by Crippen LogP contribution is -2.38. The highest BCUT2D eigenvalue weighted by Gasteiger charge is 2.34. The molecule has 1 amide bonds. The van der Waals surface area contributed by atoms with Gasteiger partial charge in [0, 0.05) is 13.1 Å². The Bertz CT molecular complexity index is 880. The molecule has 4 rings (SSSR count). The van der Waals surface area contributed by atoms with Gasteiger partial charge < -0.3 is 4.57 Å². The Hall–Kier alpha value is -2.81. The molecule has 0 N–H and O–H groups in total. The molecule has 3 nitrogen and oxygen atoms in total. The SMILES string of the molecule is CC(=O)N1c2cc(C)ccc2-n2cccc2C1c1ccccc1. The number of amides is 1. The standard InChI is InChI=1S/C20H18N2O/c1-14-10-11-17-19(13-14)22(15(2)23)20(16-7-4-3-5-8-16)18-9-6-12-21(17)18/h3-13,20H,1-2H3. The van der Waals surface area contributed by atoms with Crippen LogP contribution in [0.15, 0.2) is 66.9 Å². The Labute approximate surface area is 135 Å². The normalized spacial score (nSPS) is 15.9. The van der Waals surface area contributed by atoms with Gasteiger partial charge in [0.05, 0.1) is 17.1 Å². The van der Waals surface area contributed by atoms with Gasteiger partial charge in [-0.2, -0.15) is 0 Å². The molecule has 0 aliphatic carbocycles. The molecule has 0 saturated carbocycles. The van der Waals surface area contributed by atoms with E-state index in [2.05, 4.69) is 54.1 Å². The Balaban J connectivity index is 2.02. The third-order valence-corrected chi connectivity index (χ3v) is 4.42. The summed E-state index contributed by atoms with van der Waals surface area (Å²) in [4.78, 5) is 14.4. The Morgan fingerprint density at radius 3 is 2.48 bits per heavy atom. The second kappa shape index (κ2) is 5.13. The van der Waals surface area contributed by atoms with Crippen molar-refractivity contribution in [3.63, 3.8) is 0 Å². The number of hydrogen-bond acceptors (Lipinski definition) is 1. The molecule has 1 aromatic heterocycles. The van der Waals surface area contributed by atoms with Crippen LogP contribution < -0.4 is 4.90 Å². The van der Waals surface area contributed by atoms with Gasteiger partial charge in [-0.15, -0.1) is 0 Å². The van der Waals surface area contributed by atoms with E-state index >= 15 is 0 Å². The summed E-state index contributed by atoms with van der Waals surface area (Å²) in [5.41, 5.74) is 5.41. The minimum absolute atomic E-state index is 0.0538. The third-order valence-electron chi connectivity index (χ3n) is 4.42. The van der Waals surface area contributed by atoms with E-state index in [-0.39, 0.29) is 11.9 Å². The van der Waals surface area contributed by atoms with Crippen molar-refractivity contribution < 1.29 is 4.79 Å². The summed E-state index contributed by atoms with van der Waals surface area (Å²) in [5, 5.41) is 0. The molecule has 2 aromatic carbocycles. The van der Waals surface area contributed by atoms with Gasteiger partial charge in [0.15, 0.2) is 0 Å². The largest absolute Gasteiger partial charge is 0.316 e. The number of fused-ring (bicyclic) bond motifs is 3. The van der Waals surface area contributed by atoms with Crippen molar-refractivity contribution in [1.82, 2.24) is 4.57 Å². The summed E-state index contributed by atoms with van der Waals surface area (Å²) in [6.45, 7) is 3.70. The highest BCUT2D eigenvalue weighted by Crippen LogP contribution is 2.42. The van der Waals surface area contributed by atoms with Crippen LogP contribution in [0.4, 0.5) is 5.69 Å². The molecule has 1 unspecified atom stereocenters. The van der Waals surface area contributed by atoms with Gasteiger partial charge in [0.2, 0.25) is 5.91 Å². The highest BCUT2D eigenvalue weighted by atomic mass is 16.2. The van der Waals surface area contributed by atoms with Crippen LogP contribution in [-0.4, -0.2) is 10.5 Å².